The minimum absolute atomic E-state index is 0.00391. The minimum atomic E-state index is -1.49. The predicted molar refractivity (Wildman–Crippen MR) is 249 cm³/mol. The number of fused-ring (bicyclic) bond motifs is 2. The van der Waals surface area contributed by atoms with Gasteiger partial charge in [-0.15, -0.1) is 0 Å². The van der Waals surface area contributed by atoms with Gasteiger partial charge in [0.25, 0.3) is 5.91 Å². The molecule has 0 aromatic heterocycles. The average molecular weight is 934 g/mol. The van der Waals surface area contributed by atoms with Gasteiger partial charge in [0.05, 0.1) is 13.2 Å². The maximum atomic E-state index is 14.3. The molecule has 1 unspecified atom stereocenters. The van der Waals surface area contributed by atoms with Crippen molar-refractivity contribution in [1.29, 1.82) is 0 Å². The van der Waals surface area contributed by atoms with Gasteiger partial charge < -0.3 is 62.8 Å². The molecule has 67 heavy (non-hydrogen) atoms. The molecule has 0 radical (unpaired) electrons. The summed E-state index contributed by atoms with van der Waals surface area (Å²) in [6.45, 7) is 2.32. The number of nitrogens with one attached hydrogen (secondary N) is 5. The van der Waals surface area contributed by atoms with Crippen molar-refractivity contribution in [2.45, 2.75) is 146 Å². The van der Waals surface area contributed by atoms with E-state index in [1.165, 1.54) is 41.2 Å². The number of carbonyl (C=O) groups excluding carboxylic acids is 7. The third-order valence-corrected chi connectivity index (χ3v) is 12.6. The number of ether oxygens (including phenoxy) is 1. The monoisotopic (exact) mass is 934 g/mol. The SMILES string of the molecule is CCCCCCCCOc1ccc(C(=O)N[C@H]2CCCNC(=O)[C@@H]3CC(N)CN3C(=O)[C@H](CCCN)NC(=O)[C@H](CCc3ccc(O)cc3)NC(=O)[C@@H]3CCCN3C(=O)[C@H](CO)NC2=O)cc1. The summed E-state index contributed by atoms with van der Waals surface area (Å²) in [6, 6.07) is 5.26. The molecule has 3 heterocycles. The number of hydrogen-bond acceptors (Lipinski definition) is 12. The first-order chi connectivity index (χ1) is 32.3. The number of hydrogen-bond donors (Lipinski definition) is 9. The standard InChI is InChI=1S/C48H71N9O10/c1-2-3-4-5-6-7-27-67-35-21-17-32(18-22-35)42(60)52-36-12-9-25-51-45(63)41-28-33(50)29-57(41)47(65)38(11-8-24-49)54-44(62)37(23-16-31-14-19-34(59)20-15-31)53-46(64)40-13-10-26-56(40)48(66)39(30-58)55-43(36)61/h14-15,17-22,33,36-41,58-59H,2-13,16,23-30,49-50H2,1H3,(H,51,63)(H,52,60)(H,53,64)(H,54,62)(H,55,61)/t33?,36-,37-,38-,39-,40-,41-/m0/s1. The molecule has 11 N–H and O–H groups in total. The van der Waals surface area contributed by atoms with E-state index in [0.29, 0.717) is 25.2 Å². The highest BCUT2D eigenvalue weighted by Crippen LogP contribution is 2.22. The van der Waals surface area contributed by atoms with Gasteiger partial charge in [-0.05, 0) is 113 Å². The highest BCUT2D eigenvalue weighted by atomic mass is 16.5. The maximum Gasteiger partial charge on any atom is 0.251 e. The number of aryl methyl sites for hydroxylation is 1. The van der Waals surface area contributed by atoms with Gasteiger partial charge in [-0.2, -0.15) is 0 Å². The van der Waals surface area contributed by atoms with Crippen molar-refractivity contribution < 1.29 is 48.5 Å². The largest absolute Gasteiger partial charge is 0.508 e. The summed E-state index contributed by atoms with van der Waals surface area (Å²) in [5.41, 5.74) is 13.2. The molecule has 3 saturated heterocycles. The Hall–Kier alpha value is -5.79. The Morgan fingerprint density at radius 1 is 0.761 bits per heavy atom. The summed E-state index contributed by atoms with van der Waals surface area (Å²) in [7, 11) is 0. The van der Waals surface area contributed by atoms with Crippen LogP contribution in [0.15, 0.2) is 48.5 Å². The van der Waals surface area contributed by atoms with Crippen LogP contribution in [-0.2, 0) is 35.2 Å². The van der Waals surface area contributed by atoms with E-state index < -0.39 is 90.3 Å². The van der Waals surface area contributed by atoms with Crippen LogP contribution in [0.25, 0.3) is 0 Å². The lowest BCUT2D eigenvalue weighted by Crippen LogP contribution is -2.59. The van der Waals surface area contributed by atoms with Gasteiger partial charge in [-0.25, -0.2) is 0 Å². The third kappa shape index (κ3) is 15.4. The summed E-state index contributed by atoms with van der Waals surface area (Å²) in [5.74, 6) is -3.79. The van der Waals surface area contributed by atoms with Gasteiger partial charge in [0, 0.05) is 31.2 Å². The fourth-order valence-electron chi connectivity index (χ4n) is 8.80. The van der Waals surface area contributed by atoms with E-state index in [1.807, 2.05) is 0 Å². The fourth-order valence-corrected chi connectivity index (χ4v) is 8.80. The summed E-state index contributed by atoms with van der Waals surface area (Å²) < 4.78 is 5.87. The predicted octanol–water partition coefficient (Wildman–Crippen LogP) is 0.878. The summed E-state index contributed by atoms with van der Waals surface area (Å²) in [5, 5.41) is 34.1. The Bertz CT molecular complexity index is 1970. The topological polar surface area (TPSA) is 288 Å². The molecule has 3 fully saturated rings. The summed E-state index contributed by atoms with van der Waals surface area (Å²) >= 11 is 0. The Labute approximate surface area is 392 Å². The van der Waals surface area contributed by atoms with Crippen LogP contribution < -0.4 is 42.8 Å². The van der Waals surface area contributed by atoms with Gasteiger partial charge in [-0.3, -0.25) is 33.6 Å². The van der Waals surface area contributed by atoms with Crippen LogP contribution in [0.2, 0.25) is 0 Å². The zero-order valence-electron chi connectivity index (χ0n) is 38.7. The summed E-state index contributed by atoms with van der Waals surface area (Å²) in [6.07, 6.45) is 8.54. The first kappa shape index (κ1) is 52.2. The molecule has 2 aromatic rings. The quantitative estimate of drug-likeness (QED) is 0.100. The van der Waals surface area contributed by atoms with Gasteiger partial charge in [0.2, 0.25) is 35.4 Å². The van der Waals surface area contributed by atoms with Crippen molar-refractivity contribution in [2.24, 2.45) is 11.5 Å². The number of phenols is 1. The molecule has 5 rings (SSSR count). The molecule has 3 aliphatic rings. The summed E-state index contributed by atoms with van der Waals surface area (Å²) in [4.78, 5) is 101. The van der Waals surface area contributed by atoms with Crippen molar-refractivity contribution in [2.75, 3.05) is 39.4 Å². The average Bonchev–Trinajstić information content (AvgIpc) is 3.99. The first-order valence-corrected chi connectivity index (χ1v) is 24.0. The van der Waals surface area contributed by atoms with Gasteiger partial charge in [0.1, 0.15) is 47.8 Å². The van der Waals surface area contributed by atoms with E-state index in [4.69, 9.17) is 16.2 Å². The molecule has 368 valence electrons. The van der Waals surface area contributed by atoms with Gasteiger partial charge in [0.15, 0.2) is 0 Å². The lowest BCUT2D eigenvalue weighted by Gasteiger charge is -2.31. The number of aliphatic hydroxyl groups is 1. The lowest BCUT2D eigenvalue weighted by molar-refractivity contribution is -0.143. The molecule has 0 spiro atoms. The highest BCUT2D eigenvalue weighted by Gasteiger charge is 2.43. The van der Waals surface area contributed by atoms with E-state index in [2.05, 4.69) is 33.5 Å². The van der Waals surface area contributed by atoms with E-state index in [9.17, 15) is 43.8 Å². The van der Waals surface area contributed by atoms with Crippen molar-refractivity contribution in [1.82, 2.24) is 36.4 Å². The zero-order chi connectivity index (χ0) is 48.3. The van der Waals surface area contributed by atoms with Crippen LogP contribution in [0.5, 0.6) is 11.5 Å². The lowest BCUT2D eigenvalue weighted by atomic mass is 10.0. The molecular weight excluding hydrogens is 863 g/mol. The van der Waals surface area contributed by atoms with E-state index in [-0.39, 0.29) is 82.4 Å². The maximum absolute atomic E-state index is 14.3. The van der Waals surface area contributed by atoms with Crippen LogP contribution in [0.3, 0.4) is 0 Å². The second-order valence-corrected chi connectivity index (χ2v) is 17.8. The molecule has 19 heteroatoms. The van der Waals surface area contributed by atoms with Crippen molar-refractivity contribution in [3.8, 4) is 11.5 Å². The van der Waals surface area contributed by atoms with Crippen LogP contribution in [0.4, 0.5) is 0 Å². The third-order valence-electron chi connectivity index (χ3n) is 12.6. The Morgan fingerprint density at radius 2 is 1.45 bits per heavy atom. The molecular formula is C48H71N9O10. The Kier molecular flexibility index (Phi) is 20.7. The number of carbonyl (C=O) groups is 7. The second-order valence-electron chi connectivity index (χ2n) is 17.8. The zero-order valence-corrected chi connectivity index (χ0v) is 38.7. The molecule has 3 aliphatic heterocycles. The van der Waals surface area contributed by atoms with E-state index >= 15 is 0 Å². The Morgan fingerprint density at radius 3 is 2.16 bits per heavy atom. The molecule has 0 saturated carbocycles. The molecule has 2 aromatic carbocycles. The smallest absolute Gasteiger partial charge is 0.251 e. The second kappa shape index (κ2) is 26.5. The molecule has 19 nitrogen and oxygen atoms in total. The first-order valence-electron chi connectivity index (χ1n) is 24.0. The number of aliphatic hydroxyl groups excluding tert-OH is 1. The van der Waals surface area contributed by atoms with Crippen LogP contribution in [0.1, 0.15) is 113 Å². The number of nitrogens with two attached hydrogens (primary N) is 2. The van der Waals surface area contributed by atoms with Crippen molar-refractivity contribution >= 4 is 41.4 Å². The molecule has 7 amide bonds. The van der Waals surface area contributed by atoms with E-state index in [1.54, 1.807) is 36.4 Å². The Balaban J connectivity index is 1.38. The molecule has 0 aliphatic carbocycles. The number of unbranched alkanes of at least 4 members (excludes halogenated alkanes) is 5. The fraction of sp³-hybridized carbons (Fsp3) is 0.604. The van der Waals surface area contributed by atoms with Crippen LogP contribution in [0, 0.1) is 0 Å². The number of amides is 7. The number of benzene rings is 2. The van der Waals surface area contributed by atoms with E-state index in [0.717, 1.165) is 24.8 Å². The number of aromatic hydroxyl groups is 1. The van der Waals surface area contributed by atoms with Crippen LogP contribution >= 0.6 is 0 Å². The van der Waals surface area contributed by atoms with Gasteiger partial charge in [-0.1, -0.05) is 51.2 Å². The normalized spacial score (nSPS) is 24.7. The highest BCUT2D eigenvalue weighted by molar-refractivity contribution is 5.99. The minimum Gasteiger partial charge on any atom is -0.508 e. The number of rotatable bonds is 17. The molecule has 7 atom stereocenters. The van der Waals surface area contributed by atoms with Crippen LogP contribution in [-0.4, -0.2) is 143 Å². The molecule has 0 bridgehead atoms. The van der Waals surface area contributed by atoms with Crippen molar-refractivity contribution in [3.63, 3.8) is 0 Å². The number of nitrogens with zero attached hydrogens (tertiary/aromatic N) is 2. The van der Waals surface area contributed by atoms with Crippen molar-refractivity contribution in [3.05, 3.63) is 59.7 Å². The van der Waals surface area contributed by atoms with Gasteiger partial charge >= 0.3 is 0 Å². The number of phenolic OH excluding ortho intramolecular Hbond substituents is 1.